The molecule has 0 bridgehead atoms. The summed E-state index contributed by atoms with van der Waals surface area (Å²) in [5.74, 6) is -0.350. The zero-order valence-electron chi connectivity index (χ0n) is 14.2. The van der Waals surface area contributed by atoms with E-state index in [4.69, 9.17) is 9.52 Å². The number of carboxylic acid groups (broad SMARTS) is 1. The first kappa shape index (κ1) is 17.6. The van der Waals surface area contributed by atoms with Crippen molar-refractivity contribution in [1.29, 1.82) is 0 Å². The number of furan rings is 1. The van der Waals surface area contributed by atoms with Crippen LogP contribution in [0.25, 0.3) is 10.8 Å². The Balaban J connectivity index is 1.57. The summed E-state index contributed by atoms with van der Waals surface area (Å²) >= 11 is 1.43. The van der Waals surface area contributed by atoms with E-state index in [1.165, 1.54) is 11.3 Å². The van der Waals surface area contributed by atoms with Gasteiger partial charge in [-0.15, -0.1) is 11.3 Å². The highest BCUT2D eigenvalue weighted by Gasteiger charge is 2.35. The van der Waals surface area contributed by atoms with Crippen molar-refractivity contribution < 1.29 is 19.1 Å². The molecule has 8 heteroatoms. The molecule has 1 amide bonds. The summed E-state index contributed by atoms with van der Waals surface area (Å²) in [7, 11) is 0. The molecule has 0 saturated heterocycles. The lowest BCUT2D eigenvalue weighted by molar-refractivity contribution is -0.139. The summed E-state index contributed by atoms with van der Waals surface area (Å²) in [5.41, 5.74) is 0.428. The molecular weight excluding hydrogens is 342 g/mol. The topological polar surface area (TPSA) is 95.7 Å². The Morgan fingerprint density at radius 3 is 2.84 bits per heavy atom. The van der Waals surface area contributed by atoms with Crippen molar-refractivity contribution in [2.75, 3.05) is 13.1 Å². The van der Waals surface area contributed by atoms with E-state index in [-0.39, 0.29) is 24.5 Å². The van der Waals surface area contributed by atoms with E-state index < -0.39 is 5.97 Å². The minimum absolute atomic E-state index is 0.0412. The van der Waals surface area contributed by atoms with E-state index in [2.05, 4.69) is 10.3 Å². The standard InChI is InChI=1S/C17H21N3O4S/c1-3-20(9-14(21)22)12-7-11(8-12)18-16(23)15-10(2)25-17(19-15)13-5-4-6-24-13/h4-6,11-12H,3,7-9H2,1-2H3,(H,18,23)(H,21,22). The number of aryl methyl sites for hydroxylation is 1. The highest BCUT2D eigenvalue weighted by atomic mass is 32.1. The zero-order chi connectivity index (χ0) is 18.0. The quantitative estimate of drug-likeness (QED) is 0.784. The zero-order valence-corrected chi connectivity index (χ0v) is 15.0. The van der Waals surface area contributed by atoms with Gasteiger partial charge < -0.3 is 14.8 Å². The Morgan fingerprint density at radius 1 is 1.48 bits per heavy atom. The van der Waals surface area contributed by atoms with Gasteiger partial charge in [0.1, 0.15) is 5.69 Å². The van der Waals surface area contributed by atoms with Crippen molar-refractivity contribution in [2.45, 2.75) is 38.8 Å². The number of carbonyl (C=O) groups is 2. The van der Waals surface area contributed by atoms with Gasteiger partial charge in [0, 0.05) is 17.0 Å². The second-order valence-corrected chi connectivity index (χ2v) is 7.36. The molecule has 0 unspecified atom stereocenters. The smallest absolute Gasteiger partial charge is 0.317 e. The van der Waals surface area contributed by atoms with Crippen LogP contribution in [-0.2, 0) is 4.79 Å². The molecule has 0 atom stereocenters. The number of likely N-dealkylation sites (N-methyl/N-ethyl adjacent to an activating group) is 1. The van der Waals surface area contributed by atoms with Crippen LogP contribution in [0.4, 0.5) is 0 Å². The van der Waals surface area contributed by atoms with E-state index in [0.717, 1.165) is 17.7 Å². The predicted octanol–water partition coefficient (Wildman–Crippen LogP) is 2.38. The molecule has 2 aromatic heterocycles. The third-order valence-electron chi connectivity index (χ3n) is 4.45. The summed E-state index contributed by atoms with van der Waals surface area (Å²) in [5, 5.41) is 12.6. The molecule has 1 saturated carbocycles. The molecule has 0 radical (unpaired) electrons. The van der Waals surface area contributed by atoms with Crippen molar-refractivity contribution in [2.24, 2.45) is 0 Å². The number of nitrogens with zero attached hydrogens (tertiary/aromatic N) is 2. The Morgan fingerprint density at radius 2 is 2.24 bits per heavy atom. The van der Waals surface area contributed by atoms with Gasteiger partial charge in [-0.1, -0.05) is 6.92 Å². The second-order valence-electron chi connectivity index (χ2n) is 6.15. The maximum Gasteiger partial charge on any atom is 0.317 e. The number of rotatable bonds is 7. The lowest BCUT2D eigenvalue weighted by Crippen LogP contribution is -2.54. The monoisotopic (exact) mass is 363 g/mol. The van der Waals surface area contributed by atoms with Crippen LogP contribution >= 0.6 is 11.3 Å². The molecular formula is C17H21N3O4S. The number of hydrogen-bond acceptors (Lipinski definition) is 6. The largest absolute Gasteiger partial charge is 0.480 e. The maximum atomic E-state index is 12.5. The van der Waals surface area contributed by atoms with Crippen LogP contribution in [0.5, 0.6) is 0 Å². The molecule has 3 rings (SSSR count). The average Bonchev–Trinajstić information content (AvgIpc) is 3.17. The third-order valence-corrected chi connectivity index (χ3v) is 5.44. The van der Waals surface area contributed by atoms with Crippen LogP contribution in [0.2, 0.25) is 0 Å². The molecule has 1 aliphatic carbocycles. The molecule has 2 aromatic rings. The molecule has 2 N–H and O–H groups in total. The van der Waals surface area contributed by atoms with Gasteiger partial charge >= 0.3 is 5.97 Å². The Bertz CT molecular complexity index is 750. The Kier molecular flexibility index (Phi) is 5.19. The number of thiazole rings is 1. The predicted molar refractivity (Wildman–Crippen MR) is 93.7 cm³/mol. The van der Waals surface area contributed by atoms with Crippen LogP contribution in [0.1, 0.15) is 35.1 Å². The van der Waals surface area contributed by atoms with Gasteiger partial charge in [-0.2, -0.15) is 0 Å². The van der Waals surface area contributed by atoms with Crippen LogP contribution < -0.4 is 5.32 Å². The van der Waals surface area contributed by atoms with Crippen LogP contribution in [0.3, 0.4) is 0 Å². The lowest BCUT2D eigenvalue weighted by Gasteiger charge is -2.42. The van der Waals surface area contributed by atoms with Gasteiger partial charge in [0.2, 0.25) is 0 Å². The van der Waals surface area contributed by atoms with Crippen molar-refractivity contribution in [3.05, 3.63) is 29.0 Å². The Labute approximate surface area is 149 Å². The number of carboxylic acids is 1. The van der Waals surface area contributed by atoms with Crippen molar-refractivity contribution >= 4 is 23.2 Å². The molecule has 1 fully saturated rings. The summed E-state index contributed by atoms with van der Waals surface area (Å²) in [4.78, 5) is 30.5. The maximum absolute atomic E-state index is 12.5. The molecule has 0 spiro atoms. The van der Waals surface area contributed by atoms with E-state index in [0.29, 0.717) is 23.0 Å². The van der Waals surface area contributed by atoms with Crippen LogP contribution in [0.15, 0.2) is 22.8 Å². The average molecular weight is 363 g/mol. The first-order chi connectivity index (χ1) is 12.0. The molecule has 7 nitrogen and oxygen atoms in total. The molecule has 0 aromatic carbocycles. The Hall–Kier alpha value is -2.19. The summed E-state index contributed by atoms with van der Waals surface area (Å²) in [6.07, 6.45) is 3.11. The third kappa shape index (κ3) is 3.91. The lowest BCUT2D eigenvalue weighted by atomic mass is 9.85. The van der Waals surface area contributed by atoms with Crippen LogP contribution in [-0.4, -0.2) is 52.0 Å². The molecule has 25 heavy (non-hydrogen) atoms. The molecule has 1 aliphatic rings. The first-order valence-electron chi connectivity index (χ1n) is 8.26. The fraction of sp³-hybridized carbons (Fsp3) is 0.471. The van der Waals surface area contributed by atoms with E-state index >= 15 is 0 Å². The van der Waals surface area contributed by atoms with Gasteiger partial charge in [0.25, 0.3) is 5.91 Å². The van der Waals surface area contributed by atoms with Crippen LogP contribution in [0, 0.1) is 6.92 Å². The summed E-state index contributed by atoms with van der Waals surface area (Å²) < 4.78 is 5.33. The number of carbonyl (C=O) groups excluding carboxylic acids is 1. The minimum Gasteiger partial charge on any atom is -0.480 e. The van der Waals surface area contributed by atoms with E-state index in [9.17, 15) is 9.59 Å². The highest BCUT2D eigenvalue weighted by molar-refractivity contribution is 7.15. The number of amides is 1. The SMILES string of the molecule is CCN(CC(=O)O)C1CC(NC(=O)c2nc(-c3ccco3)sc2C)C1. The van der Waals surface area contributed by atoms with Crippen molar-refractivity contribution in [3.8, 4) is 10.8 Å². The van der Waals surface area contributed by atoms with Gasteiger partial charge in [-0.3, -0.25) is 14.5 Å². The van der Waals surface area contributed by atoms with Gasteiger partial charge in [-0.05, 0) is 38.4 Å². The normalized spacial score (nSPS) is 19.6. The van der Waals surface area contributed by atoms with Crippen molar-refractivity contribution in [1.82, 2.24) is 15.2 Å². The van der Waals surface area contributed by atoms with Gasteiger partial charge in [0.15, 0.2) is 10.8 Å². The fourth-order valence-corrected chi connectivity index (χ4v) is 3.92. The molecule has 134 valence electrons. The fourth-order valence-electron chi connectivity index (χ4n) is 3.04. The number of hydrogen-bond donors (Lipinski definition) is 2. The highest BCUT2D eigenvalue weighted by Crippen LogP contribution is 2.29. The summed E-state index contributed by atoms with van der Waals surface area (Å²) in [6, 6.07) is 3.88. The number of nitrogens with one attached hydrogen (secondary N) is 1. The molecule has 2 heterocycles. The number of aliphatic carboxylic acids is 1. The molecule has 0 aliphatic heterocycles. The van der Waals surface area contributed by atoms with E-state index in [1.54, 1.807) is 12.3 Å². The van der Waals surface area contributed by atoms with E-state index in [1.807, 2.05) is 24.8 Å². The summed E-state index contributed by atoms with van der Waals surface area (Å²) in [6.45, 7) is 4.55. The van der Waals surface area contributed by atoms with Gasteiger partial charge in [0.05, 0.1) is 12.8 Å². The van der Waals surface area contributed by atoms with Gasteiger partial charge in [-0.25, -0.2) is 4.98 Å². The second kappa shape index (κ2) is 7.37. The minimum atomic E-state index is -0.821. The van der Waals surface area contributed by atoms with Crippen molar-refractivity contribution in [3.63, 3.8) is 0 Å². The first-order valence-corrected chi connectivity index (χ1v) is 9.07. The number of aromatic nitrogens is 1.